The second kappa shape index (κ2) is 12.8. The predicted octanol–water partition coefficient (Wildman–Crippen LogP) is 11.4. The molecule has 50 heavy (non-hydrogen) atoms. The van der Waals surface area contributed by atoms with Gasteiger partial charge in [-0.2, -0.15) is 0 Å². The monoisotopic (exact) mass is 641 g/mol. The van der Waals surface area contributed by atoms with Crippen LogP contribution in [-0.4, -0.2) is 15.0 Å². The summed E-state index contributed by atoms with van der Waals surface area (Å²) in [5.41, 5.74) is 13.2. The van der Waals surface area contributed by atoms with Gasteiger partial charge in [-0.25, -0.2) is 15.0 Å². The van der Waals surface area contributed by atoms with E-state index in [0.29, 0.717) is 24.1 Å². The van der Waals surface area contributed by atoms with Crippen molar-refractivity contribution in [3.05, 3.63) is 181 Å². The van der Waals surface area contributed by atoms with E-state index in [1.807, 2.05) is 12.1 Å². The lowest BCUT2D eigenvalue weighted by Crippen LogP contribution is -2.06. The molecule has 9 rings (SSSR count). The summed E-state index contributed by atoms with van der Waals surface area (Å²) < 4.78 is 6.15. The Hall–Kier alpha value is -6.65. The van der Waals surface area contributed by atoms with Gasteiger partial charge in [-0.05, 0) is 50.6 Å². The molecule has 0 unspecified atom stereocenters. The molecule has 0 saturated heterocycles. The molecule has 0 spiro atoms. The smallest absolute Gasteiger partial charge is 0.164 e. The summed E-state index contributed by atoms with van der Waals surface area (Å²) in [5.74, 6) is 2.80. The fourth-order valence-corrected chi connectivity index (χ4v) is 6.66. The van der Waals surface area contributed by atoms with Crippen molar-refractivity contribution in [1.82, 2.24) is 15.0 Å². The lowest BCUT2D eigenvalue weighted by molar-refractivity contribution is 0.302. The Balaban J connectivity index is 1.11. The second-order valence-corrected chi connectivity index (χ2v) is 12.4. The van der Waals surface area contributed by atoms with E-state index in [9.17, 15) is 0 Å². The Bertz CT molecular complexity index is 2340. The zero-order valence-corrected chi connectivity index (χ0v) is 27.2. The Labute approximate surface area is 291 Å². The maximum absolute atomic E-state index is 6.15. The first-order valence-corrected chi connectivity index (χ1v) is 16.8. The standard InChI is InChI=1S/C46H31N3O/c1-3-10-31(11-4-1)33-18-24-36(25-19-33)44-47-45(37-26-20-34(21-27-37)32-12-5-2-6-13-32)49-46(48-44)38-28-22-35(23-29-38)40-16-9-17-42-43(40)41-15-8-7-14-39(41)30-50-42/h1-29H,30H2. The highest BCUT2D eigenvalue weighted by atomic mass is 16.5. The van der Waals surface area contributed by atoms with Gasteiger partial charge in [0.1, 0.15) is 12.4 Å². The summed E-state index contributed by atoms with van der Waals surface area (Å²) in [4.78, 5) is 15.1. The highest BCUT2D eigenvalue weighted by Gasteiger charge is 2.21. The van der Waals surface area contributed by atoms with E-state index in [0.717, 1.165) is 50.3 Å². The van der Waals surface area contributed by atoms with Crippen LogP contribution in [0.25, 0.3) is 78.7 Å². The molecule has 0 atom stereocenters. The lowest BCUT2D eigenvalue weighted by atomic mass is 9.89. The zero-order valence-electron chi connectivity index (χ0n) is 27.2. The van der Waals surface area contributed by atoms with E-state index in [1.165, 1.54) is 22.3 Å². The molecule has 0 amide bonds. The fraction of sp³-hybridized carbons (Fsp3) is 0.0217. The number of nitrogens with zero attached hydrogens (tertiary/aromatic N) is 3. The molecule has 2 heterocycles. The van der Waals surface area contributed by atoms with Gasteiger partial charge in [0.25, 0.3) is 0 Å². The summed E-state index contributed by atoms with van der Waals surface area (Å²) >= 11 is 0. The van der Waals surface area contributed by atoms with E-state index in [1.54, 1.807) is 0 Å². The van der Waals surface area contributed by atoms with Crippen LogP contribution in [0.5, 0.6) is 5.75 Å². The molecule has 0 fully saturated rings. The van der Waals surface area contributed by atoms with Crippen molar-refractivity contribution in [3.8, 4) is 84.4 Å². The van der Waals surface area contributed by atoms with Crippen LogP contribution in [0.2, 0.25) is 0 Å². The van der Waals surface area contributed by atoms with Crippen molar-refractivity contribution in [1.29, 1.82) is 0 Å². The van der Waals surface area contributed by atoms with E-state index in [4.69, 9.17) is 19.7 Å². The first-order chi connectivity index (χ1) is 24.8. The first kappa shape index (κ1) is 29.5. The third-order valence-corrected chi connectivity index (χ3v) is 9.29. The van der Waals surface area contributed by atoms with Crippen molar-refractivity contribution < 1.29 is 4.74 Å². The van der Waals surface area contributed by atoms with Crippen LogP contribution < -0.4 is 4.74 Å². The minimum Gasteiger partial charge on any atom is -0.488 e. The van der Waals surface area contributed by atoms with Gasteiger partial charge >= 0.3 is 0 Å². The van der Waals surface area contributed by atoms with Crippen LogP contribution in [0.4, 0.5) is 0 Å². The van der Waals surface area contributed by atoms with E-state index >= 15 is 0 Å². The number of fused-ring (bicyclic) bond motifs is 3. The predicted molar refractivity (Wildman–Crippen MR) is 202 cm³/mol. The number of ether oxygens (including phenoxy) is 1. The van der Waals surface area contributed by atoms with Gasteiger partial charge < -0.3 is 4.74 Å². The summed E-state index contributed by atoms with van der Waals surface area (Å²) in [6.07, 6.45) is 0. The number of aromatic nitrogens is 3. The Morgan fingerprint density at radius 2 is 0.720 bits per heavy atom. The molecular formula is C46H31N3O. The van der Waals surface area contributed by atoms with Crippen molar-refractivity contribution >= 4 is 0 Å². The minimum absolute atomic E-state index is 0.583. The third kappa shape index (κ3) is 5.63. The molecule has 236 valence electrons. The first-order valence-electron chi connectivity index (χ1n) is 16.8. The summed E-state index contributed by atoms with van der Waals surface area (Å²) in [5, 5.41) is 0. The molecule has 0 aliphatic carbocycles. The molecular weight excluding hydrogens is 611 g/mol. The topological polar surface area (TPSA) is 47.9 Å². The summed E-state index contributed by atoms with van der Waals surface area (Å²) in [6, 6.07) is 60.9. The average molecular weight is 642 g/mol. The number of hydrogen-bond acceptors (Lipinski definition) is 4. The highest BCUT2D eigenvalue weighted by molar-refractivity contribution is 5.90. The number of hydrogen-bond donors (Lipinski definition) is 0. The maximum atomic E-state index is 6.15. The molecule has 0 radical (unpaired) electrons. The molecule has 0 saturated carbocycles. The Morgan fingerprint density at radius 3 is 1.24 bits per heavy atom. The van der Waals surface area contributed by atoms with Crippen molar-refractivity contribution in [3.63, 3.8) is 0 Å². The van der Waals surface area contributed by atoms with E-state index < -0.39 is 0 Å². The zero-order chi connectivity index (χ0) is 33.3. The van der Waals surface area contributed by atoms with Crippen molar-refractivity contribution in [2.24, 2.45) is 0 Å². The van der Waals surface area contributed by atoms with Gasteiger partial charge in [-0.3, -0.25) is 0 Å². The van der Waals surface area contributed by atoms with Gasteiger partial charge in [0.15, 0.2) is 17.5 Å². The molecule has 7 aromatic carbocycles. The Kier molecular flexibility index (Phi) is 7.52. The van der Waals surface area contributed by atoms with E-state index in [2.05, 4.69) is 164 Å². The molecule has 4 nitrogen and oxygen atoms in total. The maximum Gasteiger partial charge on any atom is 0.164 e. The summed E-state index contributed by atoms with van der Waals surface area (Å²) in [7, 11) is 0. The fourth-order valence-electron chi connectivity index (χ4n) is 6.66. The summed E-state index contributed by atoms with van der Waals surface area (Å²) in [6.45, 7) is 0.583. The van der Waals surface area contributed by atoms with Crippen molar-refractivity contribution in [2.75, 3.05) is 0 Å². The SMILES string of the molecule is c1ccc(-c2ccc(-c3nc(-c4ccc(-c5ccccc5)cc4)nc(-c4ccc(-c5cccc6c5-c5ccccc5CO6)cc4)n3)cc2)cc1. The van der Waals surface area contributed by atoms with Gasteiger partial charge in [0.05, 0.1) is 0 Å². The Morgan fingerprint density at radius 1 is 0.320 bits per heavy atom. The highest BCUT2D eigenvalue weighted by Crippen LogP contribution is 2.44. The minimum atomic E-state index is 0.583. The molecule has 1 aliphatic heterocycles. The van der Waals surface area contributed by atoms with Crippen LogP contribution in [0.15, 0.2) is 176 Å². The van der Waals surface area contributed by atoms with Crippen LogP contribution >= 0.6 is 0 Å². The van der Waals surface area contributed by atoms with Crippen molar-refractivity contribution in [2.45, 2.75) is 6.61 Å². The molecule has 0 bridgehead atoms. The molecule has 1 aliphatic rings. The number of rotatable bonds is 6. The third-order valence-electron chi connectivity index (χ3n) is 9.29. The number of benzene rings is 7. The van der Waals surface area contributed by atoms with Gasteiger partial charge in [-0.15, -0.1) is 0 Å². The van der Waals surface area contributed by atoms with Crippen LogP contribution in [0.1, 0.15) is 5.56 Å². The van der Waals surface area contributed by atoms with Crippen LogP contribution in [-0.2, 0) is 6.61 Å². The lowest BCUT2D eigenvalue weighted by Gasteiger charge is -2.23. The molecule has 8 aromatic rings. The van der Waals surface area contributed by atoms with Gasteiger partial charge in [0, 0.05) is 22.3 Å². The molecule has 0 N–H and O–H groups in total. The van der Waals surface area contributed by atoms with Gasteiger partial charge in [0.2, 0.25) is 0 Å². The van der Waals surface area contributed by atoms with Crippen LogP contribution in [0.3, 0.4) is 0 Å². The average Bonchev–Trinajstić information content (AvgIpc) is 3.21. The van der Waals surface area contributed by atoms with E-state index in [-0.39, 0.29) is 0 Å². The quantitative estimate of drug-likeness (QED) is 0.181. The van der Waals surface area contributed by atoms with Gasteiger partial charge in [-0.1, -0.05) is 170 Å². The van der Waals surface area contributed by atoms with Crippen LogP contribution in [0, 0.1) is 0 Å². The second-order valence-electron chi connectivity index (χ2n) is 12.4. The molecule has 4 heteroatoms. The molecule has 1 aromatic heterocycles. The largest absolute Gasteiger partial charge is 0.488 e. The normalized spacial score (nSPS) is 11.7.